The fourth-order valence-corrected chi connectivity index (χ4v) is 5.62. The minimum absolute atomic E-state index is 0.0607. The number of rotatable bonds is 7. The molecule has 2 aromatic rings. The van der Waals surface area contributed by atoms with Crippen LogP contribution < -0.4 is 22.3 Å². The number of piperidine rings is 1. The van der Waals surface area contributed by atoms with Crippen molar-refractivity contribution in [3.05, 3.63) is 27.2 Å². The van der Waals surface area contributed by atoms with Gasteiger partial charge in [-0.2, -0.15) is 0 Å². The molecule has 2 fully saturated rings. The summed E-state index contributed by atoms with van der Waals surface area (Å²) in [4.78, 5) is 55.4. The largest absolute Gasteiger partial charge is 0.386 e. The van der Waals surface area contributed by atoms with Gasteiger partial charge >= 0.3 is 5.69 Å². The number of amides is 2. The summed E-state index contributed by atoms with van der Waals surface area (Å²) in [7, 11) is 2.98. The van der Waals surface area contributed by atoms with Crippen LogP contribution >= 0.6 is 0 Å². The molecule has 3 atom stereocenters. The number of imidazole rings is 1. The number of ether oxygens (including phenoxy) is 1. The number of nitrogens with one attached hydrogen (secondary N) is 1. The first-order valence-corrected chi connectivity index (χ1v) is 13.1. The van der Waals surface area contributed by atoms with Crippen molar-refractivity contribution in [1.82, 2.24) is 28.9 Å². The van der Waals surface area contributed by atoms with Crippen LogP contribution in [0.25, 0.3) is 11.2 Å². The minimum atomic E-state index is -1.27. The molecule has 2 amide bonds. The minimum Gasteiger partial charge on any atom is -0.386 e. The van der Waals surface area contributed by atoms with Gasteiger partial charge in [-0.15, -0.1) is 0 Å². The molecule has 0 radical (unpaired) electrons. The average Bonchev–Trinajstić information content (AvgIpc) is 3.32. The Morgan fingerprint density at radius 3 is 2.58 bits per heavy atom. The molecular weight excluding hydrogens is 494 g/mol. The van der Waals surface area contributed by atoms with Gasteiger partial charge in [0.25, 0.3) is 5.56 Å². The van der Waals surface area contributed by atoms with Crippen molar-refractivity contribution >= 4 is 23.0 Å². The number of aryl methyl sites for hydroxylation is 1. The summed E-state index contributed by atoms with van der Waals surface area (Å²) in [5, 5.41) is 14.0. The zero-order valence-corrected chi connectivity index (χ0v) is 22.6. The van der Waals surface area contributed by atoms with Crippen LogP contribution in [0.2, 0.25) is 0 Å². The van der Waals surface area contributed by atoms with Crippen molar-refractivity contribution in [2.24, 2.45) is 19.8 Å². The lowest BCUT2D eigenvalue weighted by Gasteiger charge is -2.51. The molecule has 2 aliphatic rings. The highest BCUT2D eigenvalue weighted by Gasteiger charge is 2.50. The van der Waals surface area contributed by atoms with E-state index in [1.165, 1.54) is 24.9 Å². The smallest absolute Gasteiger partial charge is 0.332 e. The Hall–Kier alpha value is -3.03. The topological polar surface area (TPSA) is 167 Å². The molecule has 2 saturated heterocycles. The highest BCUT2D eigenvalue weighted by atomic mass is 16.5. The van der Waals surface area contributed by atoms with Crippen molar-refractivity contribution in [1.29, 1.82) is 0 Å². The van der Waals surface area contributed by atoms with E-state index in [2.05, 4.69) is 10.3 Å². The summed E-state index contributed by atoms with van der Waals surface area (Å²) in [6.45, 7) is 4.74. The number of likely N-dealkylation sites (tertiary alicyclic amines) is 1. The van der Waals surface area contributed by atoms with E-state index in [-0.39, 0.29) is 29.6 Å². The lowest BCUT2D eigenvalue weighted by atomic mass is 9.77. The summed E-state index contributed by atoms with van der Waals surface area (Å²) in [6, 6.07) is -1.11. The molecule has 0 unspecified atom stereocenters. The summed E-state index contributed by atoms with van der Waals surface area (Å²) < 4.78 is 10.3. The molecular formula is C25H39N7O6. The van der Waals surface area contributed by atoms with E-state index in [9.17, 15) is 24.3 Å². The predicted molar refractivity (Wildman–Crippen MR) is 139 cm³/mol. The number of hydrogen-bond donors (Lipinski definition) is 3. The highest BCUT2D eigenvalue weighted by molar-refractivity contribution is 5.81. The number of nitrogens with two attached hydrogens (primary N) is 1. The quantitative estimate of drug-likeness (QED) is 0.387. The van der Waals surface area contributed by atoms with Crippen LogP contribution in [0.4, 0.5) is 0 Å². The Balaban J connectivity index is 1.45. The zero-order chi connectivity index (χ0) is 27.8. The molecule has 38 heavy (non-hydrogen) atoms. The van der Waals surface area contributed by atoms with Crippen LogP contribution in [0.3, 0.4) is 0 Å². The molecule has 4 rings (SSSR count). The first kappa shape index (κ1) is 28.0. The molecule has 4 N–H and O–H groups in total. The summed E-state index contributed by atoms with van der Waals surface area (Å²) in [5.41, 5.74) is 3.91. The molecule has 2 aromatic heterocycles. The number of aromatic nitrogens is 4. The van der Waals surface area contributed by atoms with E-state index in [0.29, 0.717) is 45.3 Å². The van der Waals surface area contributed by atoms with E-state index < -0.39 is 34.5 Å². The number of aliphatic hydroxyl groups is 1. The molecule has 1 spiro atoms. The summed E-state index contributed by atoms with van der Waals surface area (Å²) in [5.74, 6) is -0.167. The van der Waals surface area contributed by atoms with Gasteiger partial charge in [-0.25, -0.2) is 9.78 Å². The number of hydrogen-bond acceptors (Lipinski definition) is 8. The SMILES string of the molecule is CC(=O)NCCCC[C@H](N)C(=O)N1CCC2(CC1)C[C@H](n1cnc3c1c(=O)n(C)c(=O)n3C)[C@@](C)(O)CO2. The summed E-state index contributed by atoms with van der Waals surface area (Å²) >= 11 is 0. The second kappa shape index (κ2) is 10.6. The van der Waals surface area contributed by atoms with Crippen molar-refractivity contribution < 1.29 is 19.4 Å². The Labute approximate surface area is 220 Å². The van der Waals surface area contributed by atoms with Crippen LogP contribution in [0.1, 0.15) is 58.4 Å². The van der Waals surface area contributed by atoms with Crippen molar-refractivity contribution in [3.63, 3.8) is 0 Å². The Kier molecular flexibility index (Phi) is 7.82. The molecule has 0 aromatic carbocycles. The average molecular weight is 534 g/mol. The van der Waals surface area contributed by atoms with Gasteiger partial charge in [0.1, 0.15) is 5.60 Å². The monoisotopic (exact) mass is 533 g/mol. The normalized spacial score (nSPS) is 24.1. The van der Waals surface area contributed by atoms with E-state index in [4.69, 9.17) is 10.5 Å². The van der Waals surface area contributed by atoms with Crippen LogP contribution in [-0.2, 0) is 28.4 Å². The van der Waals surface area contributed by atoms with Gasteiger partial charge in [0.15, 0.2) is 11.2 Å². The third-order valence-corrected chi connectivity index (χ3v) is 8.08. The number of unbranched alkanes of at least 4 members (excludes halogenated alkanes) is 1. The van der Waals surface area contributed by atoms with Gasteiger partial charge in [-0.1, -0.05) is 0 Å². The lowest BCUT2D eigenvalue weighted by molar-refractivity contribution is -0.201. The fraction of sp³-hybridized carbons (Fsp3) is 0.720. The number of carbonyl (C=O) groups is 2. The van der Waals surface area contributed by atoms with Gasteiger partial charge in [-0.05, 0) is 39.0 Å². The molecule has 0 bridgehead atoms. The van der Waals surface area contributed by atoms with E-state index in [0.717, 1.165) is 17.4 Å². The second-order valence-corrected chi connectivity index (χ2v) is 11.0. The van der Waals surface area contributed by atoms with Gasteiger partial charge in [0.05, 0.1) is 30.6 Å². The third-order valence-electron chi connectivity index (χ3n) is 8.08. The maximum Gasteiger partial charge on any atom is 0.332 e. The van der Waals surface area contributed by atoms with Crippen LogP contribution in [0, 0.1) is 0 Å². The molecule has 13 nitrogen and oxygen atoms in total. The maximum atomic E-state index is 13.0. The van der Waals surface area contributed by atoms with Crippen molar-refractivity contribution in [2.45, 2.75) is 75.7 Å². The molecule has 0 saturated carbocycles. The van der Waals surface area contributed by atoms with Gasteiger partial charge in [0, 0.05) is 47.1 Å². The molecule has 2 aliphatic heterocycles. The standard InChI is InChI=1S/C25H39N7O6/c1-16(33)27-10-6-5-7-17(26)21(34)31-11-8-25(9-12-31)13-18(24(2,37)14-38-25)32-15-28-20-19(32)22(35)30(4)23(36)29(20)3/h15,17-18,37H,5-14,26H2,1-4H3,(H,27,33)/t17-,18-,24-/m0/s1. The second-order valence-electron chi connectivity index (χ2n) is 11.0. The number of carbonyl (C=O) groups excluding carboxylic acids is 2. The van der Waals surface area contributed by atoms with E-state index in [1.807, 2.05) is 0 Å². The van der Waals surface area contributed by atoms with Crippen molar-refractivity contribution in [2.75, 3.05) is 26.2 Å². The summed E-state index contributed by atoms with van der Waals surface area (Å²) in [6.07, 6.45) is 5.13. The Bertz CT molecular complexity index is 1320. The zero-order valence-electron chi connectivity index (χ0n) is 22.6. The van der Waals surface area contributed by atoms with E-state index in [1.54, 1.807) is 23.4 Å². The lowest BCUT2D eigenvalue weighted by Crippen LogP contribution is -2.58. The molecule has 13 heteroatoms. The molecule has 210 valence electrons. The first-order chi connectivity index (χ1) is 17.9. The van der Waals surface area contributed by atoms with E-state index >= 15 is 0 Å². The highest BCUT2D eigenvalue weighted by Crippen LogP contribution is 2.44. The maximum absolute atomic E-state index is 13.0. The number of fused-ring (bicyclic) bond motifs is 1. The van der Waals surface area contributed by atoms with Crippen molar-refractivity contribution in [3.8, 4) is 0 Å². The van der Waals surface area contributed by atoms with Crippen LogP contribution in [0.5, 0.6) is 0 Å². The van der Waals surface area contributed by atoms with Crippen LogP contribution in [-0.4, -0.2) is 84.0 Å². The van der Waals surface area contributed by atoms with Gasteiger partial charge < -0.3 is 30.4 Å². The predicted octanol–water partition coefficient (Wildman–Crippen LogP) is -0.859. The van der Waals surface area contributed by atoms with Gasteiger partial charge in [0.2, 0.25) is 11.8 Å². The van der Waals surface area contributed by atoms with Gasteiger partial charge in [-0.3, -0.25) is 23.5 Å². The Morgan fingerprint density at radius 1 is 1.24 bits per heavy atom. The molecule has 0 aliphatic carbocycles. The molecule has 4 heterocycles. The Morgan fingerprint density at radius 2 is 1.92 bits per heavy atom. The number of nitrogens with zero attached hydrogens (tertiary/aromatic N) is 5. The third kappa shape index (κ3) is 5.27. The first-order valence-electron chi connectivity index (χ1n) is 13.1. The fourth-order valence-electron chi connectivity index (χ4n) is 5.62. The van der Waals surface area contributed by atoms with Crippen LogP contribution in [0.15, 0.2) is 15.9 Å².